The Hall–Kier alpha value is -2.81. The van der Waals surface area contributed by atoms with Gasteiger partial charge < -0.3 is 5.11 Å². The van der Waals surface area contributed by atoms with Crippen molar-refractivity contribution in [1.29, 1.82) is 0 Å². The van der Waals surface area contributed by atoms with E-state index in [0.717, 1.165) is 23.4 Å². The summed E-state index contributed by atoms with van der Waals surface area (Å²) in [5, 5.41) is 16.5. The minimum Gasteiger partial charge on any atom is -0.389 e. The molecular weight excluding hydrogens is 465 g/mol. The lowest BCUT2D eigenvalue weighted by molar-refractivity contribution is -0.0462. The van der Waals surface area contributed by atoms with Crippen LogP contribution in [-0.2, 0) is 22.9 Å². The summed E-state index contributed by atoms with van der Waals surface area (Å²) in [4.78, 5) is 0.274. The second kappa shape index (κ2) is 8.69. The number of sulfonamides is 1. The van der Waals surface area contributed by atoms with Gasteiger partial charge in [0.2, 0.25) is 10.0 Å². The number of aryl methyl sites for hydroxylation is 1. The number of hydrogen-bond acceptors (Lipinski definition) is 4. The molecule has 5 rings (SSSR count). The van der Waals surface area contributed by atoms with Crippen LogP contribution in [0.25, 0.3) is 11.8 Å². The molecule has 8 heteroatoms. The number of aliphatic hydroxyl groups is 1. The first-order chi connectivity index (χ1) is 16.7. The average Bonchev–Trinajstić information content (AvgIpc) is 3.34. The van der Waals surface area contributed by atoms with Crippen molar-refractivity contribution >= 4 is 16.1 Å². The van der Waals surface area contributed by atoms with Crippen molar-refractivity contribution in [2.45, 2.75) is 56.4 Å². The van der Waals surface area contributed by atoms with Gasteiger partial charge in [-0.15, -0.1) is 0 Å². The van der Waals surface area contributed by atoms with Gasteiger partial charge in [0.1, 0.15) is 5.82 Å². The first-order valence-electron chi connectivity index (χ1n) is 12.0. The van der Waals surface area contributed by atoms with Crippen molar-refractivity contribution in [2.75, 3.05) is 6.54 Å². The second-order valence-corrected chi connectivity index (χ2v) is 11.5. The van der Waals surface area contributed by atoms with Gasteiger partial charge in [0.05, 0.1) is 28.1 Å². The molecule has 2 aliphatic carbocycles. The predicted molar refractivity (Wildman–Crippen MR) is 133 cm³/mol. The first kappa shape index (κ1) is 23.9. The summed E-state index contributed by atoms with van der Waals surface area (Å²) in [6, 6.07) is 13.3. The maximum absolute atomic E-state index is 13.4. The lowest BCUT2D eigenvalue weighted by atomic mass is 9.65. The molecule has 6 nitrogen and oxygen atoms in total. The fraction of sp³-hybridized carbons (Fsp3) is 0.370. The van der Waals surface area contributed by atoms with Crippen LogP contribution in [-0.4, -0.2) is 35.5 Å². The summed E-state index contributed by atoms with van der Waals surface area (Å²) in [7, 11) is -3.59. The normalized spacial score (nSPS) is 23.6. The van der Waals surface area contributed by atoms with E-state index in [0.29, 0.717) is 37.8 Å². The summed E-state index contributed by atoms with van der Waals surface area (Å²) >= 11 is 0. The van der Waals surface area contributed by atoms with Gasteiger partial charge in [0.25, 0.3) is 0 Å². The van der Waals surface area contributed by atoms with Gasteiger partial charge >= 0.3 is 0 Å². The van der Waals surface area contributed by atoms with Gasteiger partial charge in [-0.2, -0.15) is 5.10 Å². The largest absolute Gasteiger partial charge is 0.389 e. The van der Waals surface area contributed by atoms with E-state index in [9.17, 15) is 17.9 Å². The van der Waals surface area contributed by atoms with Crippen molar-refractivity contribution in [1.82, 2.24) is 14.5 Å². The van der Waals surface area contributed by atoms with E-state index in [1.165, 1.54) is 17.7 Å². The van der Waals surface area contributed by atoms with E-state index in [-0.39, 0.29) is 10.7 Å². The third-order valence-electron chi connectivity index (χ3n) is 7.76. The fourth-order valence-corrected chi connectivity index (χ4v) is 7.01. The fourth-order valence-electron chi connectivity index (χ4n) is 5.70. The molecule has 0 unspecified atom stereocenters. The third kappa shape index (κ3) is 4.03. The van der Waals surface area contributed by atoms with Crippen LogP contribution in [0.15, 0.2) is 65.2 Å². The molecule has 2 atom stereocenters. The summed E-state index contributed by atoms with van der Waals surface area (Å²) in [6.45, 7) is 4.18. The Balaban J connectivity index is 1.42. The quantitative estimate of drug-likeness (QED) is 0.509. The SMILES string of the molecule is CCNS(=O)(=O)c1ccccc1CC[C@]1(O)CCC2=Cc3c(cnn3-c3ccc(F)cc3)C[C@@]21C. The zero-order valence-electron chi connectivity index (χ0n) is 20.0. The van der Waals surface area contributed by atoms with E-state index in [1.807, 2.05) is 23.0 Å². The van der Waals surface area contributed by atoms with Crippen LogP contribution < -0.4 is 4.72 Å². The third-order valence-corrected chi connectivity index (χ3v) is 9.41. The molecule has 0 saturated heterocycles. The van der Waals surface area contributed by atoms with E-state index >= 15 is 0 Å². The van der Waals surface area contributed by atoms with Crippen LogP contribution in [0.4, 0.5) is 4.39 Å². The van der Waals surface area contributed by atoms with Gasteiger partial charge in [0.15, 0.2) is 0 Å². The molecule has 0 amide bonds. The number of fused-ring (bicyclic) bond motifs is 2. The number of rotatable bonds is 7. The molecule has 3 aromatic rings. The zero-order chi connectivity index (χ0) is 24.8. The second-order valence-electron chi connectivity index (χ2n) is 9.76. The average molecular weight is 496 g/mol. The van der Waals surface area contributed by atoms with E-state index in [4.69, 9.17) is 0 Å². The highest BCUT2D eigenvalue weighted by molar-refractivity contribution is 7.89. The lowest BCUT2D eigenvalue weighted by Crippen LogP contribution is -2.45. The van der Waals surface area contributed by atoms with Crippen LogP contribution in [0.1, 0.15) is 49.9 Å². The van der Waals surface area contributed by atoms with Gasteiger partial charge in [0, 0.05) is 12.0 Å². The molecule has 35 heavy (non-hydrogen) atoms. The first-order valence-corrected chi connectivity index (χ1v) is 13.5. The minimum atomic E-state index is -3.59. The molecular formula is C27H30FN3O3S. The van der Waals surface area contributed by atoms with Crippen LogP contribution >= 0.6 is 0 Å². The van der Waals surface area contributed by atoms with Gasteiger partial charge in [-0.25, -0.2) is 22.2 Å². The van der Waals surface area contributed by atoms with E-state index in [2.05, 4.69) is 22.8 Å². The molecule has 2 N–H and O–H groups in total. The van der Waals surface area contributed by atoms with Crippen LogP contribution in [0.5, 0.6) is 0 Å². The molecule has 0 bridgehead atoms. The summed E-state index contributed by atoms with van der Waals surface area (Å²) in [5.74, 6) is -0.290. The Bertz CT molecular complexity index is 1400. The minimum absolute atomic E-state index is 0.274. The standard InChI is InChI=1S/C27H30FN3O3S/c1-3-30-35(33,34)25-7-5-4-6-19(25)12-14-27(32)15-13-21-16-24-20(17-26(21,27)2)18-29-31(24)23-10-8-22(28)9-11-23/h4-11,16,18,30,32H,3,12-15,17H2,1-2H3/t26-,27-/m0/s1. The zero-order valence-corrected chi connectivity index (χ0v) is 20.8. The Morgan fingerprint density at radius 2 is 1.91 bits per heavy atom. The molecule has 2 aliphatic rings. The van der Waals surface area contributed by atoms with E-state index < -0.39 is 21.0 Å². The van der Waals surface area contributed by atoms with Gasteiger partial charge in [-0.1, -0.05) is 37.6 Å². The molecule has 0 aliphatic heterocycles. The molecule has 1 saturated carbocycles. The van der Waals surface area contributed by atoms with Crippen LogP contribution in [0.2, 0.25) is 0 Å². The van der Waals surface area contributed by atoms with Crippen LogP contribution in [0.3, 0.4) is 0 Å². The van der Waals surface area contributed by atoms with Crippen molar-refractivity contribution in [2.24, 2.45) is 5.41 Å². The number of hydrogen-bond donors (Lipinski definition) is 2. The summed E-state index contributed by atoms with van der Waals surface area (Å²) in [5.41, 5.74) is 3.25. The Kier molecular flexibility index (Phi) is 5.94. The highest BCUT2D eigenvalue weighted by Gasteiger charge is 2.54. The van der Waals surface area contributed by atoms with Crippen molar-refractivity contribution in [3.8, 4) is 5.69 Å². The van der Waals surface area contributed by atoms with Gasteiger partial charge in [-0.3, -0.25) is 0 Å². The molecule has 1 fully saturated rings. The maximum atomic E-state index is 13.4. The number of benzene rings is 2. The number of nitrogens with zero attached hydrogens (tertiary/aromatic N) is 2. The van der Waals surface area contributed by atoms with E-state index in [1.54, 1.807) is 31.2 Å². The highest BCUT2D eigenvalue weighted by Crippen LogP contribution is 2.56. The number of halogens is 1. The van der Waals surface area contributed by atoms with Crippen LogP contribution in [0, 0.1) is 11.2 Å². The molecule has 1 aromatic heterocycles. The topological polar surface area (TPSA) is 84.2 Å². The van der Waals surface area contributed by atoms with Gasteiger partial charge in [-0.05, 0) is 79.6 Å². The number of nitrogens with one attached hydrogen (secondary N) is 1. The smallest absolute Gasteiger partial charge is 0.240 e. The Morgan fingerprint density at radius 3 is 2.66 bits per heavy atom. The summed E-state index contributed by atoms with van der Waals surface area (Å²) < 4.78 is 43.2. The summed E-state index contributed by atoms with van der Waals surface area (Å²) in [6.07, 6.45) is 6.89. The number of aromatic nitrogens is 2. The van der Waals surface area contributed by atoms with Crippen molar-refractivity contribution < 1.29 is 17.9 Å². The predicted octanol–water partition coefficient (Wildman–Crippen LogP) is 4.41. The highest BCUT2D eigenvalue weighted by atomic mass is 32.2. The Labute approximate surface area is 205 Å². The molecule has 2 aromatic carbocycles. The maximum Gasteiger partial charge on any atom is 0.240 e. The molecule has 184 valence electrons. The molecule has 0 radical (unpaired) electrons. The molecule has 0 spiro atoms. The van der Waals surface area contributed by atoms with Crippen molar-refractivity contribution in [3.63, 3.8) is 0 Å². The van der Waals surface area contributed by atoms with Crippen molar-refractivity contribution in [3.05, 3.63) is 82.9 Å². The lowest BCUT2D eigenvalue weighted by Gasteiger charge is -2.42. The monoisotopic (exact) mass is 495 g/mol. The molecule has 1 heterocycles. The Morgan fingerprint density at radius 1 is 1.17 bits per heavy atom.